The highest BCUT2D eigenvalue weighted by atomic mass is 35.5. The Labute approximate surface area is 645 Å². The van der Waals surface area contributed by atoms with E-state index in [9.17, 15) is 58.5 Å². The Morgan fingerprint density at radius 1 is 0.573 bits per heavy atom. The number of hydrogen-bond donors (Lipinski definition) is 12. The topological polar surface area (TPSA) is 409 Å². The van der Waals surface area contributed by atoms with Gasteiger partial charge in [-0.15, -0.1) is 0 Å². The van der Waals surface area contributed by atoms with Gasteiger partial charge in [0.05, 0.1) is 12.2 Å². The van der Waals surface area contributed by atoms with E-state index in [1.54, 1.807) is 48.5 Å². The van der Waals surface area contributed by atoms with Crippen LogP contribution in [0.5, 0.6) is 5.75 Å². The van der Waals surface area contributed by atoms with E-state index < -0.39 is 138 Å². The van der Waals surface area contributed by atoms with Gasteiger partial charge in [0.1, 0.15) is 66.2 Å². The Kier molecular flexibility index (Phi) is 34.0. The molecule has 6 aromatic rings. The molecule has 1 fully saturated rings. The number of pyridine rings is 2. The second kappa shape index (κ2) is 43.3. The number of likely N-dealkylation sites (tertiary alicyclic amines) is 1. The first-order valence-corrected chi connectivity index (χ1v) is 37.6. The van der Waals surface area contributed by atoms with E-state index in [4.69, 9.17) is 11.6 Å². The number of aromatic nitrogens is 2. The molecule has 1 saturated heterocycles. The van der Waals surface area contributed by atoms with Gasteiger partial charge in [-0.3, -0.25) is 67.5 Å². The second-order valence-electron chi connectivity index (χ2n) is 28.2. The number of aromatic hydroxyl groups is 1. The Bertz CT molecular complexity index is 4110. The summed E-state index contributed by atoms with van der Waals surface area (Å²) in [5.74, 6) is -9.96. The molecule has 11 amide bonds. The first-order valence-electron chi connectivity index (χ1n) is 37.2. The number of rotatable bonds is 42. The van der Waals surface area contributed by atoms with E-state index in [0.717, 1.165) is 22.2 Å². The van der Waals surface area contributed by atoms with Crippen LogP contribution >= 0.6 is 11.6 Å². The number of likely N-dealkylation sites (N-methyl/N-ethyl adjacent to an activating group) is 1. The van der Waals surface area contributed by atoms with Crippen LogP contribution in [0.1, 0.15) is 125 Å². The molecule has 1 aliphatic heterocycles. The highest BCUT2D eigenvalue weighted by molar-refractivity contribution is 6.30. The molecule has 1 aliphatic rings. The minimum absolute atomic E-state index is 0.0264. The third kappa shape index (κ3) is 27.0. The van der Waals surface area contributed by atoms with Gasteiger partial charge in [0, 0.05) is 82.6 Å². The van der Waals surface area contributed by atoms with Crippen LogP contribution in [0.3, 0.4) is 0 Å². The lowest BCUT2D eigenvalue weighted by Crippen LogP contribution is -2.62. The van der Waals surface area contributed by atoms with E-state index >= 15 is 14.4 Å². The number of carboxylic acids is 1. The number of carbonyl (C=O) groups is 12. The van der Waals surface area contributed by atoms with Crippen LogP contribution in [0, 0.1) is 5.92 Å². The number of amides is 11. The van der Waals surface area contributed by atoms with Crippen LogP contribution in [-0.2, 0) is 78.4 Å². The third-order valence-corrected chi connectivity index (χ3v) is 19.4. The normalized spacial score (nSPS) is 15.1. The summed E-state index contributed by atoms with van der Waals surface area (Å²) in [4.78, 5) is 183. The Morgan fingerprint density at radius 3 is 1.74 bits per heavy atom. The van der Waals surface area contributed by atoms with Gasteiger partial charge in [-0.05, 0) is 166 Å². The van der Waals surface area contributed by atoms with E-state index in [1.807, 2.05) is 70.3 Å². The number of phenols is 1. The predicted octanol–water partition coefficient (Wildman–Crippen LogP) is 3.84. The summed E-state index contributed by atoms with van der Waals surface area (Å²) in [7, 11) is 3.18. The van der Waals surface area contributed by atoms with Crippen LogP contribution in [0.25, 0.3) is 10.8 Å². The lowest BCUT2D eigenvalue weighted by Gasteiger charge is -2.33. The number of hydrogen-bond acceptors (Lipinski definition) is 17. The summed E-state index contributed by atoms with van der Waals surface area (Å²) in [6.07, 6.45) is 7.48. The quantitative estimate of drug-likeness (QED) is 0.0242. The smallest absolute Gasteiger partial charge is 0.325 e. The molecule has 7 rings (SSSR count). The van der Waals surface area contributed by atoms with Gasteiger partial charge in [0.25, 0.3) is 5.91 Å². The molecule has 29 nitrogen and oxygen atoms in total. The number of aliphatic hydroxyl groups excluding tert-OH is 1. The van der Waals surface area contributed by atoms with Crippen molar-refractivity contribution in [3.05, 3.63) is 173 Å². The van der Waals surface area contributed by atoms with Crippen LogP contribution in [0.15, 0.2) is 140 Å². The number of fused-ring (bicyclic) bond motifs is 1. The van der Waals surface area contributed by atoms with Gasteiger partial charge in [-0.2, -0.15) is 0 Å². The monoisotopic (exact) mass is 1530 g/mol. The number of unbranched alkanes of at least 4 members (excludes halogenated alkanes) is 2. The van der Waals surface area contributed by atoms with E-state index in [2.05, 4.69) is 62.7 Å². The molecule has 30 heteroatoms. The maximum atomic E-state index is 15.4. The van der Waals surface area contributed by atoms with Crippen molar-refractivity contribution in [2.24, 2.45) is 5.92 Å². The number of phenolic OH excluding ortho intramolecular Hbond substituents is 1. The molecule has 110 heavy (non-hydrogen) atoms. The van der Waals surface area contributed by atoms with Gasteiger partial charge in [0.15, 0.2) is 0 Å². The van der Waals surface area contributed by atoms with Crippen LogP contribution < -0.4 is 47.9 Å². The minimum Gasteiger partial charge on any atom is -0.508 e. The number of aliphatic carboxylic acids is 1. The first kappa shape index (κ1) is 86.3. The number of halogens is 1. The zero-order chi connectivity index (χ0) is 80.0. The van der Waals surface area contributed by atoms with Gasteiger partial charge < -0.3 is 77.9 Å². The fraction of sp³-hybridized carbons (Fsp3) is 0.450. The molecule has 0 saturated carbocycles. The second-order valence-corrected chi connectivity index (χ2v) is 28.6. The Hall–Kier alpha value is -10.9. The molecule has 0 bridgehead atoms. The molecule has 0 radical (unpaired) electrons. The molecule has 0 spiro atoms. The summed E-state index contributed by atoms with van der Waals surface area (Å²) in [5.41, 5.74) is 2.40. The highest BCUT2D eigenvalue weighted by Gasteiger charge is 2.41. The van der Waals surface area contributed by atoms with Crippen molar-refractivity contribution in [2.45, 2.75) is 179 Å². The molecular weight excluding hydrogens is 1430 g/mol. The maximum absolute atomic E-state index is 15.4. The van der Waals surface area contributed by atoms with Crippen LogP contribution in [-0.4, -0.2) is 218 Å². The van der Waals surface area contributed by atoms with Crippen LogP contribution in [0.2, 0.25) is 5.02 Å². The van der Waals surface area contributed by atoms with Crippen molar-refractivity contribution in [2.75, 3.05) is 46.9 Å². The average Bonchev–Trinajstić information content (AvgIpc) is 1.67. The molecule has 10 atom stereocenters. The highest BCUT2D eigenvalue weighted by Crippen LogP contribution is 2.23. The zero-order valence-corrected chi connectivity index (χ0v) is 64.0. The van der Waals surface area contributed by atoms with Crippen LogP contribution in [0.4, 0.5) is 0 Å². The molecule has 4 aromatic carbocycles. The molecule has 2 aromatic heterocycles. The lowest BCUT2D eigenvalue weighted by molar-refractivity contribution is -0.144. The SMILES string of the molecule is CCN(C)CCCC[C@H](NC(=O)[C@H](CC(C)C)NC(=O)[C@@H](CCCCNC(=O)c1cccnc1)NC(=O)[C@H](Cc1ccc(O)cc1)N(C)C(=O)[C@H](CO)NC(=O)[C@@H](Cc1cccnc1)NC(=O)[C@@H](Cc1ccc(Cl)cc1)NC(=O)[C@@H](Cc1ccc2ccccc2c1)NC(C)=O)C(=O)N1CCC[C@H]1C(=O)N[C@H](C)C(=O)O. The number of carboxylic acid groups (broad SMARTS) is 1. The van der Waals surface area contributed by atoms with Crippen molar-refractivity contribution >= 4 is 93.3 Å². The van der Waals surface area contributed by atoms with Gasteiger partial charge in [-0.1, -0.05) is 105 Å². The summed E-state index contributed by atoms with van der Waals surface area (Å²) in [5, 5.41) is 57.9. The van der Waals surface area contributed by atoms with Crippen molar-refractivity contribution < 1.29 is 72.9 Å². The Morgan fingerprint density at radius 2 is 1.12 bits per heavy atom. The molecule has 0 aliphatic carbocycles. The van der Waals surface area contributed by atoms with Gasteiger partial charge >= 0.3 is 5.97 Å². The van der Waals surface area contributed by atoms with Crippen molar-refractivity contribution in [1.82, 2.24) is 72.5 Å². The summed E-state index contributed by atoms with van der Waals surface area (Å²) in [6, 6.07) is 18.0. The summed E-state index contributed by atoms with van der Waals surface area (Å²) < 4.78 is 0. The van der Waals surface area contributed by atoms with Crippen molar-refractivity contribution in [3.63, 3.8) is 0 Å². The number of nitrogens with one attached hydrogen (secondary N) is 9. The average molecular weight is 1540 g/mol. The summed E-state index contributed by atoms with van der Waals surface area (Å²) in [6.45, 7) is 8.83. The van der Waals surface area contributed by atoms with Gasteiger partial charge in [0.2, 0.25) is 59.1 Å². The molecule has 590 valence electrons. The first-order chi connectivity index (χ1) is 52.6. The molecule has 0 unspecified atom stereocenters. The predicted molar refractivity (Wildman–Crippen MR) is 412 cm³/mol. The number of carbonyl (C=O) groups excluding carboxylic acids is 11. The number of benzene rings is 4. The maximum Gasteiger partial charge on any atom is 0.325 e. The van der Waals surface area contributed by atoms with E-state index in [0.29, 0.717) is 58.6 Å². The molecular formula is C80H103ClN14O15. The fourth-order valence-electron chi connectivity index (χ4n) is 12.8. The minimum atomic E-state index is -1.83. The largest absolute Gasteiger partial charge is 0.508 e. The number of aliphatic hydroxyl groups is 1. The molecule has 3 heterocycles. The molecule has 12 N–H and O–H groups in total. The van der Waals surface area contributed by atoms with Crippen molar-refractivity contribution in [3.8, 4) is 5.75 Å². The van der Waals surface area contributed by atoms with E-state index in [1.165, 1.54) is 74.8 Å². The lowest BCUT2D eigenvalue weighted by atomic mass is 9.99. The Balaban J connectivity index is 1.16. The summed E-state index contributed by atoms with van der Waals surface area (Å²) >= 11 is 6.26. The number of nitrogens with zero attached hydrogens (tertiary/aromatic N) is 5. The third-order valence-electron chi connectivity index (χ3n) is 19.1. The van der Waals surface area contributed by atoms with E-state index in [-0.39, 0.29) is 89.0 Å². The fourth-order valence-corrected chi connectivity index (χ4v) is 13.0. The zero-order valence-electron chi connectivity index (χ0n) is 63.2. The van der Waals surface area contributed by atoms with Gasteiger partial charge in [-0.25, -0.2) is 0 Å². The standard InChI is InChI=1S/C80H103ClN14O15/c1-8-93(6)38-14-12-23-62(79(108)95-39-17-24-68(95)76(105)85-50(4)80(109)110)88-72(101)63(40-49(2)3)89-71(100)61(22-11-13-37-84-70(99)58-21-16-36-83-47-58)87-77(106)69(45-53-28-33-60(98)34-29-53)94(7)78(107)67(48-96)92-75(104)66(44-55-18-15-35-82-46-55)91-74(103)65(42-52-26-31-59(81)32-27-52)90-73(102)64(86-51(5)97)43-54-25-30-56-19-9-10-20-57(56)41-54/h9-10,15-16,18-21,25-36,41,46-47,49-50,61-69,96,98H,8,11-14,17,22-24,37-40,42-45,48H2,1-7H3,(H,84,99)(H,85,105)(H,86,97)(H,87,106)(H,88,101)(H,89,100)(H,90,102)(H,91,103)(H,92,104)(H,109,110)/t50-,61-,62+,63+,64-,65-,66-,67+,68+,69+/m1/s1. The van der Waals surface area contributed by atoms with Crippen molar-refractivity contribution in [1.29, 1.82) is 0 Å².